The molecule has 0 spiro atoms. The highest BCUT2D eigenvalue weighted by Gasteiger charge is 2.19. The van der Waals surface area contributed by atoms with Gasteiger partial charge in [0.05, 0.1) is 15.5 Å². The van der Waals surface area contributed by atoms with Crippen molar-refractivity contribution in [3.05, 3.63) is 38.9 Å². The van der Waals surface area contributed by atoms with Crippen molar-refractivity contribution >= 4 is 17.3 Å². The predicted molar refractivity (Wildman–Crippen MR) is 67.2 cm³/mol. The quantitative estimate of drug-likeness (QED) is 0.649. The van der Waals surface area contributed by atoms with Gasteiger partial charge in [-0.25, -0.2) is 0 Å². The fourth-order valence-electron chi connectivity index (χ4n) is 1.99. The zero-order valence-corrected chi connectivity index (χ0v) is 10.2. The van der Waals surface area contributed by atoms with Gasteiger partial charge < -0.3 is 5.32 Å². The molecule has 0 aromatic heterocycles. The second-order valence-electron chi connectivity index (χ2n) is 4.42. The molecule has 0 unspecified atom stereocenters. The molecule has 1 N–H and O–H groups in total. The van der Waals surface area contributed by atoms with Gasteiger partial charge in [0.2, 0.25) is 0 Å². The molecule has 0 saturated heterocycles. The average molecular weight is 255 g/mol. The molecule has 1 aromatic carbocycles. The largest absolute Gasteiger partial charge is 0.312 e. The van der Waals surface area contributed by atoms with Gasteiger partial charge in [0.25, 0.3) is 5.69 Å². The number of nitro groups is 1. The third kappa shape index (κ3) is 2.96. The van der Waals surface area contributed by atoms with Gasteiger partial charge >= 0.3 is 0 Å². The minimum Gasteiger partial charge on any atom is -0.312 e. The van der Waals surface area contributed by atoms with Gasteiger partial charge in [0.15, 0.2) is 0 Å². The van der Waals surface area contributed by atoms with Crippen molar-refractivity contribution < 1.29 is 4.92 Å². The third-order valence-electron chi connectivity index (χ3n) is 3.25. The third-order valence-corrected chi connectivity index (χ3v) is 3.60. The van der Waals surface area contributed by atoms with Crippen molar-refractivity contribution in [1.29, 1.82) is 0 Å². The van der Waals surface area contributed by atoms with Crippen LogP contribution in [0.25, 0.3) is 0 Å². The summed E-state index contributed by atoms with van der Waals surface area (Å²) in [6, 6.07) is 4.79. The average Bonchev–Trinajstić information content (AvgIpc) is 2.23. The Morgan fingerprint density at radius 2 is 2.24 bits per heavy atom. The number of nitrogens with one attached hydrogen (secondary N) is 1. The normalized spacial score (nSPS) is 15.6. The molecule has 1 aliphatic carbocycles. The Morgan fingerprint density at radius 1 is 1.47 bits per heavy atom. The SMILES string of the molecule is O=[N+]([O-])c1cccc(Cl)c1CNCC1CCC1. The first-order chi connectivity index (χ1) is 8.18. The van der Waals surface area contributed by atoms with Crippen LogP contribution in [-0.2, 0) is 6.54 Å². The number of hydrogen-bond acceptors (Lipinski definition) is 3. The van der Waals surface area contributed by atoms with Gasteiger partial charge in [-0.3, -0.25) is 10.1 Å². The van der Waals surface area contributed by atoms with Crippen molar-refractivity contribution in [3.8, 4) is 0 Å². The minimum absolute atomic E-state index is 0.0959. The van der Waals surface area contributed by atoms with E-state index in [1.807, 2.05) is 0 Å². The van der Waals surface area contributed by atoms with Crippen LogP contribution in [0.2, 0.25) is 5.02 Å². The molecule has 17 heavy (non-hydrogen) atoms. The smallest absolute Gasteiger partial charge is 0.275 e. The number of halogens is 1. The van der Waals surface area contributed by atoms with E-state index >= 15 is 0 Å². The Morgan fingerprint density at radius 3 is 2.82 bits per heavy atom. The van der Waals surface area contributed by atoms with Crippen molar-refractivity contribution in [2.45, 2.75) is 25.8 Å². The summed E-state index contributed by atoms with van der Waals surface area (Å²) in [5.74, 6) is 0.733. The molecule has 0 amide bonds. The second kappa shape index (κ2) is 5.47. The lowest BCUT2D eigenvalue weighted by atomic mass is 9.85. The highest BCUT2D eigenvalue weighted by molar-refractivity contribution is 6.31. The van der Waals surface area contributed by atoms with Crippen LogP contribution in [-0.4, -0.2) is 11.5 Å². The highest BCUT2D eigenvalue weighted by atomic mass is 35.5. The monoisotopic (exact) mass is 254 g/mol. The minimum atomic E-state index is -0.383. The molecule has 1 aromatic rings. The van der Waals surface area contributed by atoms with E-state index in [1.165, 1.54) is 25.3 Å². The first-order valence-corrected chi connectivity index (χ1v) is 6.19. The van der Waals surface area contributed by atoms with Crippen LogP contribution in [0.5, 0.6) is 0 Å². The first kappa shape index (κ1) is 12.3. The lowest BCUT2D eigenvalue weighted by molar-refractivity contribution is -0.385. The Hall–Kier alpha value is -1.13. The Labute approximate surface area is 105 Å². The molecule has 5 heteroatoms. The number of rotatable bonds is 5. The summed E-state index contributed by atoms with van der Waals surface area (Å²) in [5, 5.41) is 14.6. The van der Waals surface area contributed by atoms with E-state index in [-0.39, 0.29) is 10.6 Å². The number of nitro benzene ring substituents is 1. The maximum absolute atomic E-state index is 10.9. The molecule has 1 fully saturated rings. The maximum atomic E-state index is 10.9. The van der Waals surface area contributed by atoms with Crippen LogP contribution >= 0.6 is 11.6 Å². The molecule has 1 saturated carbocycles. The molecule has 1 aliphatic rings. The Kier molecular flexibility index (Phi) is 3.97. The van der Waals surface area contributed by atoms with Crippen molar-refractivity contribution in [3.63, 3.8) is 0 Å². The first-order valence-electron chi connectivity index (χ1n) is 5.81. The molecule has 0 heterocycles. The molecular formula is C12H15ClN2O2. The van der Waals surface area contributed by atoms with Gasteiger partial charge in [0.1, 0.15) is 0 Å². The maximum Gasteiger partial charge on any atom is 0.275 e. The highest BCUT2D eigenvalue weighted by Crippen LogP contribution is 2.27. The van der Waals surface area contributed by atoms with Crippen LogP contribution in [0.15, 0.2) is 18.2 Å². The molecule has 92 valence electrons. The van der Waals surface area contributed by atoms with E-state index in [4.69, 9.17) is 11.6 Å². The van der Waals surface area contributed by atoms with Crippen LogP contribution < -0.4 is 5.32 Å². The number of benzene rings is 1. The molecule has 0 atom stereocenters. The summed E-state index contributed by atoms with van der Waals surface area (Å²) in [6.45, 7) is 1.38. The van der Waals surface area contributed by atoms with E-state index in [0.29, 0.717) is 17.1 Å². The van der Waals surface area contributed by atoms with Gasteiger partial charge in [-0.2, -0.15) is 0 Å². The zero-order valence-electron chi connectivity index (χ0n) is 9.49. The van der Waals surface area contributed by atoms with Crippen molar-refractivity contribution in [2.24, 2.45) is 5.92 Å². The van der Waals surface area contributed by atoms with Crippen molar-refractivity contribution in [2.75, 3.05) is 6.54 Å². The Balaban J connectivity index is 2.00. The number of hydrogen-bond donors (Lipinski definition) is 1. The lowest BCUT2D eigenvalue weighted by Crippen LogP contribution is -2.27. The second-order valence-corrected chi connectivity index (χ2v) is 4.83. The standard InChI is InChI=1S/C12H15ClN2O2/c13-11-5-2-6-12(15(16)17)10(11)8-14-7-9-3-1-4-9/h2,5-6,9,14H,1,3-4,7-8H2. The molecule has 0 radical (unpaired) electrons. The molecule has 0 aliphatic heterocycles. The number of nitrogens with zero attached hydrogens (tertiary/aromatic N) is 1. The van der Waals surface area contributed by atoms with Crippen LogP contribution in [0.4, 0.5) is 5.69 Å². The summed E-state index contributed by atoms with van der Waals surface area (Å²) >= 11 is 5.99. The lowest BCUT2D eigenvalue weighted by Gasteiger charge is -2.25. The van der Waals surface area contributed by atoms with Gasteiger partial charge in [-0.05, 0) is 31.4 Å². The summed E-state index contributed by atoms with van der Waals surface area (Å²) in [7, 11) is 0. The summed E-state index contributed by atoms with van der Waals surface area (Å²) < 4.78 is 0. The van der Waals surface area contributed by atoms with E-state index in [1.54, 1.807) is 12.1 Å². The predicted octanol–water partition coefficient (Wildman–Crippen LogP) is 3.14. The summed E-state index contributed by atoms with van der Waals surface area (Å²) in [6.07, 6.45) is 3.83. The molecule has 4 nitrogen and oxygen atoms in total. The molecule has 0 bridgehead atoms. The summed E-state index contributed by atoms with van der Waals surface area (Å²) in [4.78, 5) is 10.5. The van der Waals surface area contributed by atoms with Crippen LogP contribution in [0, 0.1) is 16.0 Å². The van der Waals surface area contributed by atoms with E-state index < -0.39 is 0 Å². The van der Waals surface area contributed by atoms with Gasteiger partial charge in [0, 0.05) is 12.6 Å². The summed E-state index contributed by atoms with van der Waals surface area (Å²) in [5.41, 5.74) is 0.678. The fraction of sp³-hybridized carbons (Fsp3) is 0.500. The fourth-order valence-corrected chi connectivity index (χ4v) is 2.23. The Bertz CT molecular complexity index is 419. The van der Waals surface area contributed by atoms with E-state index in [0.717, 1.165) is 12.5 Å². The molecular weight excluding hydrogens is 240 g/mol. The molecule has 2 rings (SSSR count). The van der Waals surface area contributed by atoms with Gasteiger partial charge in [-0.15, -0.1) is 0 Å². The van der Waals surface area contributed by atoms with E-state index in [9.17, 15) is 10.1 Å². The van der Waals surface area contributed by atoms with Crippen LogP contribution in [0.3, 0.4) is 0 Å². The van der Waals surface area contributed by atoms with Crippen molar-refractivity contribution in [1.82, 2.24) is 5.32 Å². The van der Waals surface area contributed by atoms with Crippen LogP contribution in [0.1, 0.15) is 24.8 Å². The topological polar surface area (TPSA) is 55.2 Å². The van der Waals surface area contributed by atoms with Gasteiger partial charge in [-0.1, -0.05) is 24.1 Å². The van der Waals surface area contributed by atoms with E-state index in [2.05, 4.69) is 5.32 Å². The zero-order chi connectivity index (χ0) is 12.3.